The van der Waals surface area contributed by atoms with Gasteiger partial charge in [-0.25, -0.2) is 4.68 Å². The van der Waals surface area contributed by atoms with Crippen molar-refractivity contribution < 1.29 is 4.74 Å². The second kappa shape index (κ2) is 7.53. The molecule has 23 heavy (non-hydrogen) atoms. The van der Waals surface area contributed by atoms with Gasteiger partial charge in [0.2, 0.25) is 0 Å². The summed E-state index contributed by atoms with van der Waals surface area (Å²) in [5, 5.41) is 9.04. The highest BCUT2D eigenvalue weighted by molar-refractivity contribution is 6.42. The molecule has 1 aromatic carbocycles. The summed E-state index contributed by atoms with van der Waals surface area (Å²) in [5.41, 5.74) is 1.94. The number of anilines is 1. The Labute approximate surface area is 146 Å². The Balaban J connectivity index is 1.62. The number of benzene rings is 1. The molecule has 0 saturated carbocycles. The number of aromatic nitrogens is 2. The monoisotopic (exact) mass is 354 g/mol. The lowest BCUT2D eigenvalue weighted by molar-refractivity contribution is 0.0398. The Morgan fingerprint density at radius 1 is 1.17 bits per heavy atom. The van der Waals surface area contributed by atoms with Crippen LogP contribution in [0.15, 0.2) is 24.3 Å². The van der Waals surface area contributed by atoms with Gasteiger partial charge in [-0.05, 0) is 25.1 Å². The molecule has 1 aromatic heterocycles. The first kappa shape index (κ1) is 16.6. The van der Waals surface area contributed by atoms with E-state index >= 15 is 0 Å². The Bertz CT molecular complexity index is 668. The van der Waals surface area contributed by atoms with Crippen molar-refractivity contribution in [1.82, 2.24) is 14.7 Å². The molecule has 3 rings (SSSR count). The van der Waals surface area contributed by atoms with E-state index < -0.39 is 0 Å². The van der Waals surface area contributed by atoms with E-state index in [2.05, 4.69) is 15.3 Å². The van der Waals surface area contributed by atoms with Crippen molar-refractivity contribution in [3.05, 3.63) is 40.0 Å². The van der Waals surface area contributed by atoms with Crippen molar-refractivity contribution in [2.24, 2.45) is 0 Å². The van der Waals surface area contributed by atoms with E-state index in [1.54, 1.807) is 6.07 Å². The minimum Gasteiger partial charge on any atom is -0.379 e. The van der Waals surface area contributed by atoms with Gasteiger partial charge in [0, 0.05) is 37.9 Å². The van der Waals surface area contributed by atoms with Crippen LogP contribution in [0.4, 0.5) is 5.82 Å². The van der Waals surface area contributed by atoms with Crippen LogP contribution in [0, 0.1) is 6.92 Å². The van der Waals surface area contributed by atoms with Gasteiger partial charge in [-0.2, -0.15) is 5.10 Å². The van der Waals surface area contributed by atoms with Crippen LogP contribution in [-0.2, 0) is 4.74 Å². The predicted molar refractivity (Wildman–Crippen MR) is 94.1 cm³/mol. The SMILES string of the molecule is Cc1cc(NCCN2CCOCC2)nn1-c1ccc(Cl)c(Cl)c1. The highest BCUT2D eigenvalue weighted by Gasteiger charge is 2.11. The lowest BCUT2D eigenvalue weighted by atomic mass is 10.3. The second-order valence-corrected chi connectivity index (χ2v) is 6.38. The van der Waals surface area contributed by atoms with Crippen molar-refractivity contribution in [1.29, 1.82) is 0 Å². The van der Waals surface area contributed by atoms with E-state index in [-0.39, 0.29) is 0 Å². The first-order chi connectivity index (χ1) is 11.1. The van der Waals surface area contributed by atoms with E-state index in [9.17, 15) is 0 Å². The van der Waals surface area contributed by atoms with Crippen molar-refractivity contribution in [2.75, 3.05) is 44.7 Å². The third kappa shape index (κ3) is 4.18. The summed E-state index contributed by atoms with van der Waals surface area (Å²) >= 11 is 12.1. The Hall–Kier alpha value is -1.27. The van der Waals surface area contributed by atoms with E-state index in [1.807, 2.05) is 29.8 Å². The number of rotatable bonds is 5. The van der Waals surface area contributed by atoms with Crippen LogP contribution in [-0.4, -0.2) is 54.1 Å². The fraction of sp³-hybridized carbons (Fsp3) is 0.438. The summed E-state index contributed by atoms with van der Waals surface area (Å²) in [4.78, 5) is 2.39. The van der Waals surface area contributed by atoms with Gasteiger partial charge < -0.3 is 10.1 Å². The van der Waals surface area contributed by atoms with Crippen molar-refractivity contribution in [2.45, 2.75) is 6.92 Å². The van der Waals surface area contributed by atoms with Crippen LogP contribution in [0.2, 0.25) is 10.0 Å². The summed E-state index contributed by atoms with van der Waals surface area (Å²) in [6.45, 7) is 7.51. The molecule has 124 valence electrons. The number of nitrogens with zero attached hydrogens (tertiary/aromatic N) is 3. The van der Waals surface area contributed by atoms with Crippen LogP contribution in [0.1, 0.15) is 5.69 Å². The molecule has 0 bridgehead atoms. The molecule has 1 aliphatic heterocycles. The van der Waals surface area contributed by atoms with E-state index in [0.29, 0.717) is 10.0 Å². The number of hydrogen-bond acceptors (Lipinski definition) is 4. The zero-order chi connectivity index (χ0) is 16.2. The maximum atomic E-state index is 6.09. The first-order valence-electron chi connectivity index (χ1n) is 7.69. The van der Waals surface area contributed by atoms with Crippen molar-refractivity contribution in [3.63, 3.8) is 0 Å². The van der Waals surface area contributed by atoms with Gasteiger partial charge in [0.1, 0.15) is 5.82 Å². The van der Waals surface area contributed by atoms with E-state index in [1.165, 1.54) is 0 Å². The molecule has 0 amide bonds. The van der Waals surface area contributed by atoms with Crippen LogP contribution in [0.25, 0.3) is 5.69 Å². The molecule has 1 aliphatic rings. The lowest BCUT2D eigenvalue weighted by Crippen LogP contribution is -2.39. The smallest absolute Gasteiger partial charge is 0.148 e. The molecule has 1 N–H and O–H groups in total. The molecule has 2 heterocycles. The average Bonchev–Trinajstić information content (AvgIpc) is 2.92. The fourth-order valence-corrected chi connectivity index (χ4v) is 2.90. The lowest BCUT2D eigenvalue weighted by Gasteiger charge is -2.26. The van der Waals surface area contributed by atoms with Gasteiger partial charge in [0.15, 0.2) is 0 Å². The molecule has 0 unspecified atom stereocenters. The number of ether oxygens (including phenoxy) is 1. The number of hydrogen-bond donors (Lipinski definition) is 1. The molecule has 1 fully saturated rings. The largest absolute Gasteiger partial charge is 0.379 e. The highest BCUT2D eigenvalue weighted by atomic mass is 35.5. The zero-order valence-corrected chi connectivity index (χ0v) is 14.6. The molecule has 0 radical (unpaired) electrons. The summed E-state index contributed by atoms with van der Waals surface area (Å²) in [6, 6.07) is 7.54. The maximum absolute atomic E-state index is 6.09. The van der Waals surface area contributed by atoms with Gasteiger partial charge in [-0.1, -0.05) is 23.2 Å². The average molecular weight is 355 g/mol. The molecular formula is C16H20Cl2N4O. The van der Waals surface area contributed by atoms with Gasteiger partial charge in [-0.15, -0.1) is 0 Å². The molecule has 2 aromatic rings. The summed E-state index contributed by atoms with van der Waals surface area (Å²) in [7, 11) is 0. The van der Waals surface area contributed by atoms with Crippen molar-refractivity contribution in [3.8, 4) is 5.69 Å². The standard InChI is InChI=1S/C16H20Cl2N4O/c1-12-10-16(19-4-5-21-6-8-23-9-7-21)20-22(12)13-2-3-14(17)15(18)11-13/h2-3,10-11H,4-9H2,1H3,(H,19,20). The molecule has 0 atom stereocenters. The van der Waals surface area contributed by atoms with Crippen LogP contribution < -0.4 is 5.32 Å². The molecule has 0 aliphatic carbocycles. The van der Waals surface area contributed by atoms with Crippen LogP contribution in [0.3, 0.4) is 0 Å². The molecule has 1 saturated heterocycles. The Morgan fingerprint density at radius 2 is 1.96 bits per heavy atom. The van der Waals surface area contributed by atoms with Crippen LogP contribution in [0.5, 0.6) is 0 Å². The maximum Gasteiger partial charge on any atom is 0.148 e. The predicted octanol–water partition coefficient (Wildman–Crippen LogP) is 3.23. The number of morpholine rings is 1. The topological polar surface area (TPSA) is 42.3 Å². The minimum absolute atomic E-state index is 0.529. The molecule has 5 nitrogen and oxygen atoms in total. The number of halogens is 2. The quantitative estimate of drug-likeness (QED) is 0.894. The third-order valence-corrected chi connectivity index (χ3v) is 4.61. The minimum atomic E-state index is 0.529. The Kier molecular flexibility index (Phi) is 5.43. The third-order valence-electron chi connectivity index (χ3n) is 3.87. The van der Waals surface area contributed by atoms with Gasteiger partial charge in [-0.3, -0.25) is 4.90 Å². The summed E-state index contributed by atoms with van der Waals surface area (Å²) in [5.74, 6) is 0.863. The normalized spacial score (nSPS) is 15.8. The second-order valence-electron chi connectivity index (χ2n) is 5.56. The molecule has 7 heteroatoms. The summed E-state index contributed by atoms with van der Waals surface area (Å²) < 4.78 is 7.21. The highest BCUT2D eigenvalue weighted by Crippen LogP contribution is 2.25. The number of aryl methyl sites for hydroxylation is 1. The fourth-order valence-electron chi connectivity index (χ4n) is 2.61. The molecular weight excluding hydrogens is 335 g/mol. The Morgan fingerprint density at radius 3 is 2.70 bits per heavy atom. The summed E-state index contributed by atoms with van der Waals surface area (Å²) in [6.07, 6.45) is 0. The van der Waals surface area contributed by atoms with Crippen molar-refractivity contribution >= 4 is 29.0 Å². The van der Waals surface area contributed by atoms with Crippen LogP contribution >= 0.6 is 23.2 Å². The molecule has 0 spiro atoms. The van der Waals surface area contributed by atoms with Gasteiger partial charge >= 0.3 is 0 Å². The van der Waals surface area contributed by atoms with E-state index in [4.69, 9.17) is 27.9 Å². The van der Waals surface area contributed by atoms with Gasteiger partial charge in [0.25, 0.3) is 0 Å². The first-order valence-corrected chi connectivity index (χ1v) is 8.45. The van der Waals surface area contributed by atoms with E-state index in [0.717, 1.165) is 56.6 Å². The zero-order valence-electron chi connectivity index (χ0n) is 13.1. The number of nitrogens with one attached hydrogen (secondary N) is 1. The van der Waals surface area contributed by atoms with Gasteiger partial charge in [0.05, 0.1) is 28.9 Å².